The number of aromatic nitrogens is 2. The van der Waals surface area contributed by atoms with Crippen molar-refractivity contribution in [3.63, 3.8) is 0 Å². The van der Waals surface area contributed by atoms with E-state index in [2.05, 4.69) is 41.2 Å². The molecule has 1 atom stereocenters. The van der Waals surface area contributed by atoms with E-state index in [0.29, 0.717) is 6.04 Å². The largest absolute Gasteiger partial charge is 0.310 e. The molecule has 0 aliphatic rings. The maximum Gasteiger partial charge on any atom is 0.0522 e. The van der Waals surface area contributed by atoms with Crippen LogP contribution in [0.3, 0.4) is 0 Å². The number of nitrogens with zero attached hydrogens (tertiary/aromatic N) is 2. The lowest BCUT2D eigenvalue weighted by atomic mass is 10.0. The summed E-state index contributed by atoms with van der Waals surface area (Å²) in [6.07, 6.45) is 6.22. The molecule has 2 aromatic heterocycles. The second kappa shape index (κ2) is 6.16. The molecule has 0 aromatic carbocycles. The Morgan fingerprint density at radius 3 is 2.83 bits per heavy atom. The highest BCUT2D eigenvalue weighted by atomic mass is 32.1. The molecule has 0 spiro atoms. The third-order valence-corrected chi connectivity index (χ3v) is 3.99. The molecule has 0 fully saturated rings. The van der Waals surface area contributed by atoms with Gasteiger partial charge in [-0.15, -0.1) is 0 Å². The van der Waals surface area contributed by atoms with Crippen LogP contribution in [-0.4, -0.2) is 16.3 Å². The molecule has 1 N–H and O–H groups in total. The van der Waals surface area contributed by atoms with E-state index in [0.717, 1.165) is 19.4 Å². The molecule has 2 aromatic rings. The second-order valence-electron chi connectivity index (χ2n) is 4.74. The first-order valence-corrected chi connectivity index (χ1v) is 7.38. The van der Waals surface area contributed by atoms with Crippen LogP contribution < -0.4 is 5.32 Å². The van der Waals surface area contributed by atoms with E-state index in [1.807, 2.05) is 17.9 Å². The first-order chi connectivity index (χ1) is 8.70. The molecule has 0 saturated heterocycles. The lowest BCUT2D eigenvalue weighted by Gasteiger charge is -2.18. The van der Waals surface area contributed by atoms with E-state index in [-0.39, 0.29) is 0 Å². The molecule has 4 heteroatoms. The molecule has 0 radical (unpaired) electrons. The summed E-state index contributed by atoms with van der Waals surface area (Å²) in [5, 5.41) is 12.4. The molecule has 2 heterocycles. The molecular weight excluding hydrogens is 242 g/mol. The van der Waals surface area contributed by atoms with E-state index in [1.165, 1.54) is 16.7 Å². The summed E-state index contributed by atoms with van der Waals surface area (Å²) in [6, 6.07) is 0.403. The van der Waals surface area contributed by atoms with E-state index < -0.39 is 0 Å². The molecule has 1 unspecified atom stereocenters. The van der Waals surface area contributed by atoms with Crippen molar-refractivity contribution in [1.29, 1.82) is 0 Å². The highest BCUT2D eigenvalue weighted by Crippen LogP contribution is 2.24. The molecule has 3 nitrogen and oxygen atoms in total. The monoisotopic (exact) mass is 263 g/mol. The highest BCUT2D eigenvalue weighted by molar-refractivity contribution is 7.08. The highest BCUT2D eigenvalue weighted by Gasteiger charge is 2.15. The van der Waals surface area contributed by atoms with Crippen molar-refractivity contribution < 1.29 is 0 Å². The quantitative estimate of drug-likeness (QED) is 0.868. The Kier molecular flexibility index (Phi) is 4.55. The Balaban J connectivity index is 2.12. The van der Waals surface area contributed by atoms with Gasteiger partial charge in [0.1, 0.15) is 0 Å². The lowest BCUT2D eigenvalue weighted by molar-refractivity contribution is 0.528. The number of hydrogen-bond acceptors (Lipinski definition) is 3. The lowest BCUT2D eigenvalue weighted by Crippen LogP contribution is -2.24. The minimum atomic E-state index is 0.403. The third-order valence-electron chi connectivity index (χ3n) is 3.11. The molecule has 18 heavy (non-hydrogen) atoms. The van der Waals surface area contributed by atoms with Gasteiger partial charge in [0.2, 0.25) is 0 Å². The zero-order valence-corrected chi connectivity index (χ0v) is 12.1. The number of thiophene rings is 1. The Bertz CT molecular complexity index is 487. The van der Waals surface area contributed by atoms with Crippen molar-refractivity contribution in [3.8, 4) is 0 Å². The van der Waals surface area contributed by atoms with Gasteiger partial charge in [-0.1, -0.05) is 6.92 Å². The normalized spacial score (nSPS) is 12.8. The Hall–Kier alpha value is -1.13. The van der Waals surface area contributed by atoms with Crippen LogP contribution in [0, 0.1) is 6.92 Å². The Morgan fingerprint density at radius 2 is 2.28 bits per heavy atom. The van der Waals surface area contributed by atoms with Crippen molar-refractivity contribution in [2.45, 2.75) is 32.7 Å². The van der Waals surface area contributed by atoms with Crippen LogP contribution in [0.25, 0.3) is 0 Å². The van der Waals surface area contributed by atoms with Gasteiger partial charge in [-0.2, -0.15) is 16.4 Å². The van der Waals surface area contributed by atoms with Crippen LogP contribution in [0.15, 0.2) is 23.2 Å². The fraction of sp³-hybridized carbons (Fsp3) is 0.500. The summed E-state index contributed by atoms with van der Waals surface area (Å²) in [6.45, 7) is 5.45. The first kappa shape index (κ1) is 13.3. The summed E-state index contributed by atoms with van der Waals surface area (Å²) in [4.78, 5) is 0. The predicted octanol–water partition coefficient (Wildman–Crippen LogP) is 3.07. The van der Waals surface area contributed by atoms with Gasteiger partial charge in [0.15, 0.2) is 0 Å². The van der Waals surface area contributed by atoms with Crippen LogP contribution in [0.2, 0.25) is 0 Å². The second-order valence-corrected chi connectivity index (χ2v) is 5.49. The van der Waals surface area contributed by atoms with Gasteiger partial charge < -0.3 is 5.32 Å². The van der Waals surface area contributed by atoms with E-state index in [1.54, 1.807) is 11.3 Å². The number of aryl methyl sites for hydroxylation is 2. The maximum atomic E-state index is 4.25. The molecular formula is C14H21N3S. The van der Waals surface area contributed by atoms with Crippen LogP contribution in [0.5, 0.6) is 0 Å². The zero-order chi connectivity index (χ0) is 13.0. The van der Waals surface area contributed by atoms with Gasteiger partial charge in [-0.3, -0.25) is 4.68 Å². The third kappa shape index (κ3) is 3.21. The minimum absolute atomic E-state index is 0.403. The van der Waals surface area contributed by atoms with Crippen molar-refractivity contribution in [2.75, 3.05) is 6.54 Å². The van der Waals surface area contributed by atoms with Gasteiger partial charge in [-0.05, 0) is 53.8 Å². The van der Waals surface area contributed by atoms with Crippen LogP contribution in [0.1, 0.15) is 36.1 Å². The Morgan fingerprint density at radius 1 is 1.44 bits per heavy atom. The summed E-state index contributed by atoms with van der Waals surface area (Å²) < 4.78 is 1.87. The summed E-state index contributed by atoms with van der Waals surface area (Å²) in [5.74, 6) is 0. The SMILES string of the molecule is CCCNC(Cc1cnn(C)c1)c1cscc1C. The van der Waals surface area contributed by atoms with Crippen molar-refractivity contribution in [1.82, 2.24) is 15.1 Å². The molecule has 98 valence electrons. The average Bonchev–Trinajstić information content (AvgIpc) is 2.93. The smallest absolute Gasteiger partial charge is 0.0522 e. The number of rotatable bonds is 6. The van der Waals surface area contributed by atoms with E-state index in [4.69, 9.17) is 0 Å². The molecule has 0 bridgehead atoms. The minimum Gasteiger partial charge on any atom is -0.310 e. The molecule has 0 amide bonds. The summed E-state index contributed by atoms with van der Waals surface area (Å²) in [7, 11) is 1.97. The van der Waals surface area contributed by atoms with E-state index >= 15 is 0 Å². The van der Waals surface area contributed by atoms with Gasteiger partial charge in [0.05, 0.1) is 6.20 Å². The summed E-state index contributed by atoms with van der Waals surface area (Å²) in [5.41, 5.74) is 4.10. The molecule has 0 saturated carbocycles. The van der Waals surface area contributed by atoms with Gasteiger partial charge in [0.25, 0.3) is 0 Å². The van der Waals surface area contributed by atoms with Crippen molar-refractivity contribution in [2.24, 2.45) is 7.05 Å². The molecule has 2 rings (SSSR count). The van der Waals surface area contributed by atoms with Crippen LogP contribution in [0.4, 0.5) is 0 Å². The zero-order valence-electron chi connectivity index (χ0n) is 11.3. The molecule has 0 aliphatic carbocycles. The number of hydrogen-bond donors (Lipinski definition) is 1. The standard InChI is InChI=1S/C14H21N3S/c1-4-5-15-14(13-10-18-9-11(13)2)6-12-7-16-17(3)8-12/h7-10,14-15H,4-6H2,1-3H3. The molecule has 0 aliphatic heterocycles. The fourth-order valence-electron chi connectivity index (χ4n) is 2.15. The number of nitrogens with one attached hydrogen (secondary N) is 1. The van der Waals surface area contributed by atoms with Crippen molar-refractivity contribution in [3.05, 3.63) is 39.8 Å². The summed E-state index contributed by atoms with van der Waals surface area (Å²) >= 11 is 1.78. The Labute approximate surface area is 113 Å². The van der Waals surface area contributed by atoms with Crippen molar-refractivity contribution >= 4 is 11.3 Å². The fourth-order valence-corrected chi connectivity index (χ4v) is 3.06. The maximum absolute atomic E-state index is 4.25. The predicted molar refractivity (Wildman–Crippen MR) is 77.0 cm³/mol. The van der Waals surface area contributed by atoms with Crippen LogP contribution >= 0.6 is 11.3 Å². The van der Waals surface area contributed by atoms with Gasteiger partial charge in [0, 0.05) is 19.3 Å². The first-order valence-electron chi connectivity index (χ1n) is 6.44. The van der Waals surface area contributed by atoms with Gasteiger partial charge in [-0.25, -0.2) is 0 Å². The van der Waals surface area contributed by atoms with Gasteiger partial charge >= 0.3 is 0 Å². The average molecular weight is 263 g/mol. The van der Waals surface area contributed by atoms with Crippen LogP contribution in [-0.2, 0) is 13.5 Å². The topological polar surface area (TPSA) is 29.9 Å². The van der Waals surface area contributed by atoms with E-state index in [9.17, 15) is 0 Å².